The van der Waals surface area contributed by atoms with Gasteiger partial charge in [-0.25, -0.2) is 8.42 Å². The predicted molar refractivity (Wildman–Crippen MR) is 140 cm³/mol. The molecule has 3 heterocycles. The van der Waals surface area contributed by atoms with Crippen LogP contribution in [0.1, 0.15) is 22.5 Å². The molecule has 0 aliphatic carbocycles. The van der Waals surface area contributed by atoms with Gasteiger partial charge in [-0.1, -0.05) is 0 Å². The fourth-order valence-corrected chi connectivity index (χ4v) is 5.86. The smallest absolute Gasteiger partial charge is 0.248 e. The number of ether oxygens (including phenoxy) is 2. The normalized spacial score (nSPS) is 13.6. The van der Waals surface area contributed by atoms with E-state index in [1.54, 1.807) is 30.0 Å². The lowest BCUT2D eigenvalue weighted by Crippen LogP contribution is -2.40. The van der Waals surface area contributed by atoms with Gasteiger partial charge in [0.05, 0.1) is 25.2 Å². The SMILES string of the molecule is COc1ccc(S(=O)(=O)N(C)CCOCC(=O)N2CCn3c(CCc4ccncc4)ccc3C2)c(C)c1. The van der Waals surface area contributed by atoms with E-state index in [1.807, 2.05) is 24.5 Å². The zero-order valence-electron chi connectivity index (χ0n) is 21.6. The van der Waals surface area contributed by atoms with E-state index in [2.05, 4.69) is 21.7 Å². The molecule has 4 rings (SSSR count). The summed E-state index contributed by atoms with van der Waals surface area (Å²) in [7, 11) is -0.624. The average Bonchev–Trinajstić information content (AvgIpc) is 3.32. The summed E-state index contributed by atoms with van der Waals surface area (Å²) < 4.78 is 40.1. The molecule has 0 N–H and O–H groups in total. The van der Waals surface area contributed by atoms with Gasteiger partial charge in [0.2, 0.25) is 15.9 Å². The summed E-state index contributed by atoms with van der Waals surface area (Å²) in [5, 5.41) is 0. The molecule has 2 aromatic heterocycles. The van der Waals surface area contributed by atoms with Crippen molar-refractivity contribution in [2.24, 2.45) is 0 Å². The van der Waals surface area contributed by atoms with Crippen molar-refractivity contribution in [1.82, 2.24) is 18.8 Å². The Balaban J connectivity index is 1.23. The van der Waals surface area contributed by atoms with Crippen LogP contribution in [0, 0.1) is 6.92 Å². The number of benzene rings is 1. The fraction of sp³-hybridized carbons (Fsp3) is 0.407. The van der Waals surface area contributed by atoms with Crippen molar-refractivity contribution in [2.45, 2.75) is 37.8 Å². The standard InChI is InChI=1S/C27H34N4O5S/c1-21-18-25(35-3)8-9-26(21)37(33,34)29(2)16-17-36-20-27(32)30-14-15-31-23(6-7-24(31)19-30)5-4-22-10-12-28-13-11-22/h6-13,18H,4-5,14-17,19-20H2,1-3H3. The summed E-state index contributed by atoms with van der Waals surface area (Å²) in [5.41, 5.74) is 4.25. The van der Waals surface area contributed by atoms with Gasteiger partial charge in [0, 0.05) is 50.5 Å². The minimum absolute atomic E-state index is 0.0783. The Labute approximate surface area is 218 Å². The van der Waals surface area contributed by atoms with Crippen molar-refractivity contribution >= 4 is 15.9 Å². The monoisotopic (exact) mass is 526 g/mol. The summed E-state index contributed by atoms with van der Waals surface area (Å²) in [6.45, 7) is 3.84. The van der Waals surface area contributed by atoms with E-state index in [4.69, 9.17) is 9.47 Å². The molecule has 0 bridgehead atoms. The molecule has 10 heteroatoms. The number of methoxy groups -OCH3 is 1. The summed E-state index contributed by atoms with van der Waals surface area (Å²) in [5.74, 6) is 0.509. The van der Waals surface area contributed by atoms with Crippen molar-refractivity contribution in [3.63, 3.8) is 0 Å². The van der Waals surface area contributed by atoms with Crippen molar-refractivity contribution < 1.29 is 22.7 Å². The van der Waals surface area contributed by atoms with Crippen LogP contribution in [0.15, 0.2) is 59.8 Å². The Kier molecular flexibility index (Phi) is 8.63. The zero-order valence-corrected chi connectivity index (χ0v) is 22.4. The van der Waals surface area contributed by atoms with Crippen molar-refractivity contribution in [2.75, 3.05) is 40.5 Å². The van der Waals surface area contributed by atoms with Crippen LogP contribution >= 0.6 is 0 Å². The molecule has 0 saturated carbocycles. The minimum atomic E-state index is -3.67. The van der Waals surface area contributed by atoms with E-state index < -0.39 is 10.0 Å². The Bertz CT molecular complexity index is 1320. The number of aryl methyl sites for hydroxylation is 3. The quantitative estimate of drug-likeness (QED) is 0.357. The first kappa shape index (κ1) is 26.8. The number of rotatable bonds is 11. The third-order valence-electron chi connectivity index (χ3n) is 6.73. The van der Waals surface area contributed by atoms with Gasteiger partial charge < -0.3 is 18.9 Å². The Morgan fingerprint density at radius 1 is 1.08 bits per heavy atom. The number of sulfonamides is 1. The molecule has 0 saturated heterocycles. The van der Waals surface area contributed by atoms with Crippen LogP contribution in [-0.4, -0.2) is 73.5 Å². The number of aromatic nitrogens is 2. The lowest BCUT2D eigenvalue weighted by Gasteiger charge is -2.30. The highest BCUT2D eigenvalue weighted by Crippen LogP contribution is 2.23. The van der Waals surface area contributed by atoms with Crippen molar-refractivity contribution in [3.8, 4) is 5.75 Å². The number of pyridine rings is 1. The minimum Gasteiger partial charge on any atom is -0.497 e. The van der Waals surface area contributed by atoms with Gasteiger partial charge in [0.25, 0.3) is 0 Å². The van der Waals surface area contributed by atoms with Gasteiger partial charge in [-0.15, -0.1) is 0 Å². The zero-order chi connectivity index (χ0) is 26.4. The lowest BCUT2D eigenvalue weighted by atomic mass is 10.1. The molecule has 1 aromatic carbocycles. The number of hydrogen-bond acceptors (Lipinski definition) is 6. The van der Waals surface area contributed by atoms with Crippen LogP contribution in [0.25, 0.3) is 0 Å². The topological polar surface area (TPSA) is 94.0 Å². The molecule has 1 aliphatic rings. The summed E-state index contributed by atoms with van der Waals surface area (Å²) in [4.78, 5) is 18.8. The first-order chi connectivity index (χ1) is 17.8. The molecule has 37 heavy (non-hydrogen) atoms. The van der Waals surface area contributed by atoms with Crippen molar-refractivity contribution in [3.05, 3.63) is 77.4 Å². The van der Waals surface area contributed by atoms with Gasteiger partial charge >= 0.3 is 0 Å². The Hall–Kier alpha value is -3.21. The van der Waals surface area contributed by atoms with Gasteiger partial charge in [0.15, 0.2) is 0 Å². The number of fused-ring (bicyclic) bond motifs is 1. The first-order valence-electron chi connectivity index (χ1n) is 12.3. The summed E-state index contributed by atoms with van der Waals surface area (Å²) in [6.07, 6.45) is 5.51. The first-order valence-corrected chi connectivity index (χ1v) is 13.8. The maximum absolute atomic E-state index is 12.9. The number of carbonyl (C=O) groups is 1. The van der Waals surface area contributed by atoms with Crippen LogP contribution in [0.5, 0.6) is 5.75 Å². The second-order valence-electron chi connectivity index (χ2n) is 9.15. The molecule has 0 spiro atoms. The molecule has 0 atom stereocenters. The van der Waals surface area contributed by atoms with E-state index in [9.17, 15) is 13.2 Å². The molecule has 0 radical (unpaired) electrons. The molecule has 198 valence electrons. The highest BCUT2D eigenvalue weighted by molar-refractivity contribution is 7.89. The molecule has 3 aromatic rings. The summed E-state index contributed by atoms with van der Waals surface area (Å²) >= 11 is 0. The number of carbonyl (C=O) groups excluding carboxylic acids is 1. The Morgan fingerprint density at radius 3 is 2.59 bits per heavy atom. The van der Waals surface area contributed by atoms with Crippen LogP contribution in [0.3, 0.4) is 0 Å². The van der Waals surface area contributed by atoms with Crippen LogP contribution in [0.4, 0.5) is 0 Å². The number of likely N-dealkylation sites (N-methyl/N-ethyl adjacent to an activating group) is 1. The fourth-order valence-electron chi connectivity index (χ4n) is 4.50. The molecule has 1 aliphatic heterocycles. The number of hydrogen-bond donors (Lipinski definition) is 0. The van der Waals surface area contributed by atoms with E-state index in [0.717, 1.165) is 25.1 Å². The molecule has 1 amide bonds. The molecular weight excluding hydrogens is 492 g/mol. The third-order valence-corrected chi connectivity index (χ3v) is 8.74. The molecule has 0 fully saturated rings. The second-order valence-corrected chi connectivity index (χ2v) is 11.2. The van der Waals surface area contributed by atoms with Crippen LogP contribution in [-0.2, 0) is 45.5 Å². The van der Waals surface area contributed by atoms with E-state index in [-0.39, 0.29) is 30.6 Å². The van der Waals surface area contributed by atoms with E-state index >= 15 is 0 Å². The maximum Gasteiger partial charge on any atom is 0.248 e. The van der Waals surface area contributed by atoms with E-state index in [1.165, 1.54) is 29.7 Å². The van der Waals surface area contributed by atoms with Crippen molar-refractivity contribution in [1.29, 1.82) is 0 Å². The van der Waals surface area contributed by atoms with Gasteiger partial charge in [-0.2, -0.15) is 4.31 Å². The van der Waals surface area contributed by atoms with Gasteiger partial charge in [-0.05, 0) is 73.4 Å². The number of amides is 1. The van der Waals surface area contributed by atoms with Crippen LogP contribution in [0.2, 0.25) is 0 Å². The molecule has 0 unspecified atom stereocenters. The lowest BCUT2D eigenvalue weighted by molar-refractivity contribution is -0.137. The van der Waals surface area contributed by atoms with E-state index in [0.29, 0.717) is 24.4 Å². The van der Waals surface area contributed by atoms with Crippen LogP contribution < -0.4 is 4.74 Å². The highest BCUT2D eigenvalue weighted by atomic mass is 32.2. The Morgan fingerprint density at radius 2 is 1.86 bits per heavy atom. The number of nitrogens with zero attached hydrogens (tertiary/aromatic N) is 4. The molecule has 9 nitrogen and oxygen atoms in total. The largest absolute Gasteiger partial charge is 0.497 e. The highest BCUT2D eigenvalue weighted by Gasteiger charge is 2.24. The third kappa shape index (κ3) is 6.38. The second kappa shape index (κ2) is 11.9. The summed E-state index contributed by atoms with van der Waals surface area (Å²) in [6, 6.07) is 13.2. The predicted octanol–water partition coefficient (Wildman–Crippen LogP) is 2.66. The maximum atomic E-state index is 12.9. The van der Waals surface area contributed by atoms with Gasteiger partial charge in [-0.3, -0.25) is 9.78 Å². The molecular formula is C27H34N4O5S. The van der Waals surface area contributed by atoms with Gasteiger partial charge in [0.1, 0.15) is 12.4 Å². The average molecular weight is 527 g/mol.